The van der Waals surface area contributed by atoms with Crippen LogP contribution in [0.1, 0.15) is 39.0 Å². The van der Waals surface area contributed by atoms with Gasteiger partial charge < -0.3 is 11.1 Å². The molecule has 0 aromatic carbocycles. The zero-order chi connectivity index (χ0) is 10.4. The highest BCUT2D eigenvalue weighted by Gasteiger charge is 2.21. The predicted octanol–water partition coefficient (Wildman–Crippen LogP) is 2.06. The molecule has 1 fully saturated rings. The van der Waals surface area contributed by atoms with Crippen LogP contribution in [0, 0.1) is 5.92 Å². The minimum absolute atomic E-state index is 0.506. The average Bonchev–Trinajstić information content (AvgIpc) is 2.20. The van der Waals surface area contributed by atoms with E-state index < -0.39 is 0 Å². The fourth-order valence-electron chi connectivity index (χ4n) is 2.28. The zero-order valence-corrected chi connectivity index (χ0v) is 9.39. The summed E-state index contributed by atoms with van der Waals surface area (Å²) < 4.78 is 0. The van der Waals surface area contributed by atoms with Gasteiger partial charge in [-0.05, 0) is 25.7 Å². The molecule has 1 unspecified atom stereocenters. The fraction of sp³-hybridized carbons (Fsp3) is 0.833. The van der Waals surface area contributed by atoms with Gasteiger partial charge in [0, 0.05) is 19.1 Å². The molecule has 0 aromatic rings. The molecule has 1 aliphatic rings. The molecule has 14 heavy (non-hydrogen) atoms. The summed E-state index contributed by atoms with van der Waals surface area (Å²) in [6.45, 7) is 7.64. The van der Waals surface area contributed by atoms with Gasteiger partial charge in [-0.25, -0.2) is 0 Å². The van der Waals surface area contributed by atoms with Gasteiger partial charge in [0.05, 0.1) is 0 Å². The van der Waals surface area contributed by atoms with E-state index in [-0.39, 0.29) is 0 Å². The van der Waals surface area contributed by atoms with Crippen molar-refractivity contribution in [3.63, 3.8) is 0 Å². The molecule has 1 atom stereocenters. The van der Waals surface area contributed by atoms with Gasteiger partial charge in [-0.1, -0.05) is 31.4 Å². The first-order valence-corrected chi connectivity index (χ1v) is 5.82. The minimum Gasteiger partial charge on any atom is -0.329 e. The van der Waals surface area contributed by atoms with Gasteiger partial charge in [-0.3, -0.25) is 0 Å². The lowest BCUT2D eigenvalue weighted by molar-refractivity contribution is 0.276. The van der Waals surface area contributed by atoms with E-state index >= 15 is 0 Å². The van der Waals surface area contributed by atoms with E-state index in [1.165, 1.54) is 37.7 Å². The van der Waals surface area contributed by atoms with Crippen molar-refractivity contribution in [2.45, 2.75) is 45.1 Å². The van der Waals surface area contributed by atoms with Gasteiger partial charge in [-0.2, -0.15) is 0 Å². The van der Waals surface area contributed by atoms with E-state index in [0.29, 0.717) is 6.04 Å². The van der Waals surface area contributed by atoms with Crippen LogP contribution in [0.5, 0.6) is 0 Å². The molecule has 2 nitrogen and oxygen atoms in total. The van der Waals surface area contributed by atoms with Crippen molar-refractivity contribution in [2.75, 3.05) is 13.1 Å². The number of hydrogen-bond acceptors (Lipinski definition) is 2. The summed E-state index contributed by atoms with van der Waals surface area (Å²) in [5, 5.41) is 3.51. The SMILES string of the molecule is C=C(C)CNC(CN)C1CCCCC1. The molecule has 0 aliphatic heterocycles. The summed E-state index contributed by atoms with van der Waals surface area (Å²) in [4.78, 5) is 0. The average molecular weight is 196 g/mol. The van der Waals surface area contributed by atoms with Crippen LogP contribution in [0.3, 0.4) is 0 Å². The van der Waals surface area contributed by atoms with E-state index in [4.69, 9.17) is 5.73 Å². The Balaban J connectivity index is 2.31. The second-order valence-electron chi connectivity index (χ2n) is 4.58. The van der Waals surface area contributed by atoms with Crippen LogP contribution in [0.4, 0.5) is 0 Å². The number of nitrogens with two attached hydrogens (primary N) is 1. The third kappa shape index (κ3) is 3.81. The molecular weight excluding hydrogens is 172 g/mol. The summed E-state index contributed by atoms with van der Waals surface area (Å²) in [5.41, 5.74) is 6.99. The van der Waals surface area contributed by atoms with E-state index in [0.717, 1.165) is 19.0 Å². The Morgan fingerprint density at radius 2 is 2.07 bits per heavy atom. The van der Waals surface area contributed by atoms with Crippen molar-refractivity contribution in [1.82, 2.24) is 5.32 Å². The Kier molecular flexibility index (Phi) is 5.20. The Labute approximate surface area is 87.9 Å². The van der Waals surface area contributed by atoms with Crippen LogP contribution in [-0.2, 0) is 0 Å². The Morgan fingerprint density at radius 1 is 1.43 bits per heavy atom. The Bertz CT molecular complexity index is 171. The van der Waals surface area contributed by atoms with Gasteiger partial charge in [0.1, 0.15) is 0 Å². The van der Waals surface area contributed by atoms with Crippen LogP contribution in [0.2, 0.25) is 0 Å². The maximum Gasteiger partial charge on any atom is 0.0221 e. The summed E-state index contributed by atoms with van der Waals surface area (Å²) in [7, 11) is 0. The highest BCUT2D eigenvalue weighted by atomic mass is 14.9. The van der Waals surface area contributed by atoms with Crippen molar-refractivity contribution in [1.29, 1.82) is 0 Å². The quantitative estimate of drug-likeness (QED) is 0.661. The lowest BCUT2D eigenvalue weighted by Crippen LogP contribution is -2.43. The highest BCUT2D eigenvalue weighted by Crippen LogP contribution is 2.26. The minimum atomic E-state index is 0.506. The second kappa shape index (κ2) is 6.20. The fourth-order valence-corrected chi connectivity index (χ4v) is 2.28. The number of rotatable bonds is 5. The van der Waals surface area contributed by atoms with Crippen LogP contribution < -0.4 is 11.1 Å². The number of hydrogen-bond donors (Lipinski definition) is 2. The summed E-state index contributed by atoms with van der Waals surface area (Å²) >= 11 is 0. The topological polar surface area (TPSA) is 38.0 Å². The largest absolute Gasteiger partial charge is 0.329 e. The van der Waals surface area contributed by atoms with Crippen molar-refractivity contribution in [3.05, 3.63) is 12.2 Å². The first kappa shape index (κ1) is 11.7. The maximum atomic E-state index is 5.80. The van der Waals surface area contributed by atoms with Gasteiger partial charge in [-0.15, -0.1) is 0 Å². The van der Waals surface area contributed by atoms with Gasteiger partial charge >= 0.3 is 0 Å². The Hall–Kier alpha value is -0.340. The molecule has 3 N–H and O–H groups in total. The molecular formula is C12H24N2. The van der Waals surface area contributed by atoms with Crippen LogP contribution in [-0.4, -0.2) is 19.1 Å². The van der Waals surface area contributed by atoms with E-state index in [9.17, 15) is 0 Å². The van der Waals surface area contributed by atoms with E-state index in [2.05, 4.69) is 18.8 Å². The third-order valence-electron chi connectivity index (χ3n) is 3.14. The molecule has 0 radical (unpaired) electrons. The molecule has 0 saturated heterocycles. The van der Waals surface area contributed by atoms with Gasteiger partial charge in [0.15, 0.2) is 0 Å². The summed E-state index contributed by atoms with van der Waals surface area (Å²) in [6, 6.07) is 0.506. The standard InChI is InChI=1S/C12H24N2/c1-10(2)9-14-12(8-13)11-6-4-3-5-7-11/h11-12,14H,1,3-9,13H2,2H3. The third-order valence-corrected chi connectivity index (χ3v) is 3.14. The molecule has 0 aromatic heterocycles. The molecule has 0 heterocycles. The monoisotopic (exact) mass is 196 g/mol. The first-order valence-electron chi connectivity index (χ1n) is 5.82. The van der Waals surface area contributed by atoms with Crippen LogP contribution >= 0.6 is 0 Å². The lowest BCUT2D eigenvalue weighted by Gasteiger charge is -2.30. The molecule has 82 valence electrons. The van der Waals surface area contributed by atoms with Crippen molar-refractivity contribution < 1.29 is 0 Å². The second-order valence-corrected chi connectivity index (χ2v) is 4.58. The molecule has 1 saturated carbocycles. The molecule has 0 spiro atoms. The van der Waals surface area contributed by atoms with Gasteiger partial charge in [0.2, 0.25) is 0 Å². The van der Waals surface area contributed by atoms with E-state index in [1.807, 2.05) is 0 Å². The zero-order valence-electron chi connectivity index (χ0n) is 9.39. The highest BCUT2D eigenvalue weighted by molar-refractivity contribution is 4.93. The van der Waals surface area contributed by atoms with E-state index in [1.54, 1.807) is 0 Å². The lowest BCUT2D eigenvalue weighted by atomic mass is 9.84. The summed E-state index contributed by atoms with van der Waals surface area (Å²) in [5.74, 6) is 0.799. The molecule has 2 heteroatoms. The van der Waals surface area contributed by atoms with Gasteiger partial charge in [0.25, 0.3) is 0 Å². The molecule has 0 bridgehead atoms. The Morgan fingerprint density at radius 3 is 2.57 bits per heavy atom. The van der Waals surface area contributed by atoms with Crippen molar-refractivity contribution in [2.24, 2.45) is 11.7 Å². The molecule has 1 rings (SSSR count). The smallest absolute Gasteiger partial charge is 0.0221 e. The predicted molar refractivity (Wildman–Crippen MR) is 62.2 cm³/mol. The van der Waals surface area contributed by atoms with Crippen molar-refractivity contribution >= 4 is 0 Å². The maximum absolute atomic E-state index is 5.80. The number of nitrogens with one attached hydrogen (secondary N) is 1. The van der Waals surface area contributed by atoms with Crippen LogP contribution in [0.25, 0.3) is 0 Å². The normalized spacial score (nSPS) is 20.7. The van der Waals surface area contributed by atoms with Crippen LogP contribution in [0.15, 0.2) is 12.2 Å². The molecule has 0 amide bonds. The molecule has 1 aliphatic carbocycles. The first-order chi connectivity index (χ1) is 6.74. The summed E-state index contributed by atoms with van der Waals surface area (Å²) in [6.07, 6.45) is 6.89. The van der Waals surface area contributed by atoms with Crippen molar-refractivity contribution in [3.8, 4) is 0 Å².